The van der Waals surface area contributed by atoms with Crippen LogP contribution in [0, 0.1) is 5.82 Å². The van der Waals surface area contributed by atoms with Gasteiger partial charge in [0.2, 0.25) is 10.0 Å². The first-order valence-corrected chi connectivity index (χ1v) is 11.3. The van der Waals surface area contributed by atoms with Crippen LogP contribution >= 0.6 is 11.6 Å². The molecule has 10 heteroatoms. The van der Waals surface area contributed by atoms with Crippen LogP contribution in [0.4, 0.5) is 10.1 Å². The molecule has 0 saturated carbocycles. The Balaban J connectivity index is 2.26. The van der Waals surface area contributed by atoms with E-state index in [1.54, 1.807) is 4.90 Å². The molecular weight excluding hydrogens is 445 g/mol. The Morgan fingerprint density at radius 1 is 1.16 bits per heavy atom. The number of benzene rings is 2. The number of anilines is 1. The Kier molecular flexibility index (Phi) is 8.32. The molecule has 0 unspecified atom stereocenters. The molecule has 0 spiro atoms. The first kappa shape index (κ1) is 24.5. The summed E-state index contributed by atoms with van der Waals surface area (Å²) in [6.07, 6.45) is 1.31. The Morgan fingerprint density at radius 2 is 1.84 bits per heavy atom. The van der Waals surface area contributed by atoms with E-state index in [9.17, 15) is 22.4 Å². The second kappa shape index (κ2) is 10.5. The van der Waals surface area contributed by atoms with E-state index in [4.69, 9.17) is 11.6 Å². The van der Waals surface area contributed by atoms with Crippen LogP contribution in [0.3, 0.4) is 0 Å². The van der Waals surface area contributed by atoms with Crippen molar-refractivity contribution in [2.24, 2.45) is 0 Å². The summed E-state index contributed by atoms with van der Waals surface area (Å²) in [5.41, 5.74) is 0.524. The third kappa shape index (κ3) is 5.90. The number of rotatable bonds is 9. The van der Waals surface area contributed by atoms with Gasteiger partial charge in [-0.15, -0.1) is 6.58 Å². The maximum absolute atomic E-state index is 14.0. The lowest BCUT2D eigenvalue weighted by molar-refractivity contribution is 0.0773. The van der Waals surface area contributed by atoms with E-state index in [1.807, 2.05) is 13.8 Å². The van der Waals surface area contributed by atoms with E-state index in [2.05, 4.69) is 16.6 Å². The molecule has 0 aromatic heterocycles. The fourth-order valence-electron chi connectivity index (χ4n) is 2.75. The minimum Gasteiger partial charge on any atom is -0.339 e. The average Bonchev–Trinajstić information content (AvgIpc) is 2.73. The number of amides is 2. The van der Waals surface area contributed by atoms with Crippen molar-refractivity contribution < 1.29 is 22.4 Å². The van der Waals surface area contributed by atoms with Crippen molar-refractivity contribution in [2.75, 3.05) is 25.0 Å². The maximum atomic E-state index is 14.0. The Morgan fingerprint density at radius 3 is 2.42 bits per heavy atom. The van der Waals surface area contributed by atoms with Crippen molar-refractivity contribution in [1.29, 1.82) is 0 Å². The van der Waals surface area contributed by atoms with Crippen LogP contribution in [0.15, 0.2) is 53.9 Å². The van der Waals surface area contributed by atoms with Crippen molar-refractivity contribution in [1.82, 2.24) is 9.62 Å². The zero-order chi connectivity index (χ0) is 23.2. The summed E-state index contributed by atoms with van der Waals surface area (Å²) in [5, 5.41) is 2.72. The van der Waals surface area contributed by atoms with E-state index in [-0.39, 0.29) is 23.0 Å². The van der Waals surface area contributed by atoms with Gasteiger partial charge in [-0.25, -0.2) is 17.5 Å². The van der Waals surface area contributed by atoms with E-state index >= 15 is 0 Å². The predicted molar refractivity (Wildman–Crippen MR) is 118 cm³/mol. The standard InChI is InChI=1S/C21H23ClFN3O4S/c1-4-11-24-31(29,30)19-12-14(7-10-18(19)23)20(27)25-15-8-9-16(17(22)13-15)21(28)26(5-2)6-3/h4,7-10,12-13,24H,1,5-6,11H2,2-3H3,(H,25,27). The Hall–Kier alpha value is -2.75. The highest BCUT2D eigenvalue weighted by Gasteiger charge is 2.21. The summed E-state index contributed by atoms with van der Waals surface area (Å²) >= 11 is 6.22. The zero-order valence-corrected chi connectivity index (χ0v) is 18.7. The van der Waals surface area contributed by atoms with Gasteiger partial charge in [0.05, 0.1) is 10.6 Å². The van der Waals surface area contributed by atoms with Crippen molar-refractivity contribution >= 4 is 39.1 Å². The number of hydrogen-bond acceptors (Lipinski definition) is 4. The van der Waals surface area contributed by atoms with E-state index in [0.29, 0.717) is 24.3 Å². The van der Waals surface area contributed by atoms with Crippen LogP contribution in [0.2, 0.25) is 5.02 Å². The number of sulfonamides is 1. The number of carbonyl (C=O) groups excluding carboxylic acids is 2. The summed E-state index contributed by atoms with van der Waals surface area (Å²) < 4.78 is 40.6. The van der Waals surface area contributed by atoms with Gasteiger partial charge in [-0.05, 0) is 50.2 Å². The van der Waals surface area contributed by atoms with Crippen LogP contribution in [0.5, 0.6) is 0 Å². The molecule has 0 radical (unpaired) electrons. The van der Waals surface area contributed by atoms with Gasteiger partial charge in [0.25, 0.3) is 11.8 Å². The van der Waals surface area contributed by atoms with Gasteiger partial charge in [0.15, 0.2) is 0 Å². The second-order valence-corrected chi connectivity index (χ2v) is 8.55. The lowest BCUT2D eigenvalue weighted by atomic mass is 10.1. The SMILES string of the molecule is C=CCNS(=O)(=O)c1cc(C(=O)Nc2ccc(C(=O)N(CC)CC)c(Cl)c2)ccc1F. The first-order chi connectivity index (χ1) is 14.6. The number of halogens is 2. The van der Waals surface area contributed by atoms with E-state index in [0.717, 1.165) is 18.2 Å². The van der Waals surface area contributed by atoms with Gasteiger partial charge in [-0.1, -0.05) is 17.7 Å². The topological polar surface area (TPSA) is 95.6 Å². The van der Waals surface area contributed by atoms with Gasteiger partial charge >= 0.3 is 0 Å². The third-order valence-electron chi connectivity index (χ3n) is 4.41. The zero-order valence-electron chi connectivity index (χ0n) is 17.1. The maximum Gasteiger partial charge on any atom is 0.255 e. The minimum atomic E-state index is -4.16. The van der Waals surface area contributed by atoms with E-state index < -0.39 is 26.6 Å². The largest absolute Gasteiger partial charge is 0.339 e. The molecule has 0 heterocycles. The molecule has 2 rings (SSSR count). The Labute approximate surface area is 185 Å². The van der Waals surface area contributed by atoms with Crippen LogP contribution in [-0.2, 0) is 10.0 Å². The lowest BCUT2D eigenvalue weighted by Gasteiger charge is -2.19. The van der Waals surface area contributed by atoms with Crippen LogP contribution in [0.1, 0.15) is 34.6 Å². The molecule has 2 N–H and O–H groups in total. The molecule has 2 amide bonds. The summed E-state index contributed by atoms with van der Waals surface area (Å²) in [5.74, 6) is -1.89. The second-order valence-electron chi connectivity index (χ2n) is 6.41. The highest BCUT2D eigenvalue weighted by molar-refractivity contribution is 7.89. The summed E-state index contributed by atoms with van der Waals surface area (Å²) in [6, 6.07) is 7.43. The lowest BCUT2D eigenvalue weighted by Crippen LogP contribution is -2.30. The molecule has 0 atom stereocenters. The quantitative estimate of drug-likeness (QED) is 0.550. The first-order valence-electron chi connectivity index (χ1n) is 9.44. The van der Waals surface area contributed by atoms with E-state index in [1.165, 1.54) is 24.3 Å². The van der Waals surface area contributed by atoms with Crippen LogP contribution in [-0.4, -0.2) is 44.8 Å². The summed E-state index contributed by atoms with van der Waals surface area (Å²) in [7, 11) is -4.16. The Bertz CT molecular complexity index is 1100. The molecule has 7 nitrogen and oxygen atoms in total. The molecule has 0 fully saturated rings. The highest BCUT2D eigenvalue weighted by atomic mass is 35.5. The number of nitrogens with one attached hydrogen (secondary N) is 2. The van der Waals surface area contributed by atoms with Gasteiger partial charge in [-0.3, -0.25) is 9.59 Å². The summed E-state index contributed by atoms with van der Waals surface area (Å²) in [6.45, 7) is 8.08. The molecule has 31 heavy (non-hydrogen) atoms. The van der Waals surface area contributed by atoms with Crippen molar-refractivity contribution in [2.45, 2.75) is 18.7 Å². The molecule has 166 valence electrons. The minimum absolute atomic E-state index is 0.0696. The molecular formula is C21H23ClFN3O4S. The van der Waals surface area contributed by atoms with Crippen LogP contribution in [0.25, 0.3) is 0 Å². The highest BCUT2D eigenvalue weighted by Crippen LogP contribution is 2.24. The number of nitrogens with zero attached hydrogens (tertiary/aromatic N) is 1. The van der Waals surface area contributed by atoms with Gasteiger partial charge < -0.3 is 10.2 Å². The fourth-order valence-corrected chi connectivity index (χ4v) is 4.11. The summed E-state index contributed by atoms with van der Waals surface area (Å²) in [4.78, 5) is 26.0. The van der Waals surface area contributed by atoms with Crippen molar-refractivity contribution in [3.63, 3.8) is 0 Å². The molecule has 0 saturated heterocycles. The van der Waals surface area contributed by atoms with Crippen molar-refractivity contribution in [3.8, 4) is 0 Å². The molecule has 2 aromatic carbocycles. The average molecular weight is 468 g/mol. The van der Waals surface area contributed by atoms with Crippen molar-refractivity contribution in [3.05, 3.63) is 71.0 Å². The van der Waals surface area contributed by atoms with Gasteiger partial charge in [0.1, 0.15) is 10.7 Å². The van der Waals surface area contributed by atoms with Crippen LogP contribution < -0.4 is 10.0 Å². The molecule has 0 aliphatic carbocycles. The smallest absolute Gasteiger partial charge is 0.255 e. The molecule has 0 aliphatic rings. The molecule has 0 aliphatic heterocycles. The van der Waals surface area contributed by atoms with Gasteiger partial charge in [0, 0.05) is 30.9 Å². The number of carbonyl (C=O) groups is 2. The molecule has 0 bridgehead atoms. The molecule has 2 aromatic rings. The number of hydrogen-bond donors (Lipinski definition) is 2. The third-order valence-corrected chi connectivity index (χ3v) is 6.16. The normalized spacial score (nSPS) is 11.1. The monoisotopic (exact) mass is 467 g/mol. The van der Waals surface area contributed by atoms with Gasteiger partial charge in [-0.2, -0.15) is 0 Å². The predicted octanol–water partition coefficient (Wildman–Crippen LogP) is 3.68. The fraction of sp³-hybridized carbons (Fsp3) is 0.238.